The molecule has 0 aromatic rings. The summed E-state index contributed by atoms with van der Waals surface area (Å²) in [5.41, 5.74) is 4.64. The summed E-state index contributed by atoms with van der Waals surface area (Å²) in [6, 6.07) is 0. The Balaban J connectivity index is 2.72. The molecule has 0 aliphatic heterocycles. The quantitative estimate of drug-likeness (QED) is 0.830. The van der Waals surface area contributed by atoms with Crippen molar-refractivity contribution in [1.29, 1.82) is 0 Å². The SMILES string of the molecule is CC1(C(=O)N(CCN)CC(F)(F)F)CCCC1. The number of hydrogen-bond acceptors (Lipinski definition) is 2. The van der Waals surface area contributed by atoms with E-state index in [0.717, 1.165) is 17.7 Å². The van der Waals surface area contributed by atoms with Gasteiger partial charge in [-0.25, -0.2) is 0 Å². The zero-order valence-electron chi connectivity index (χ0n) is 10.0. The van der Waals surface area contributed by atoms with Crippen molar-refractivity contribution in [3.8, 4) is 0 Å². The van der Waals surface area contributed by atoms with Crippen molar-refractivity contribution < 1.29 is 18.0 Å². The van der Waals surface area contributed by atoms with Crippen LogP contribution in [-0.2, 0) is 4.79 Å². The molecule has 1 aliphatic carbocycles. The van der Waals surface area contributed by atoms with Gasteiger partial charge in [-0.2, -0.15) is 13.2 Å². The number of amides is 1. The molecule has 2 N–H and O–H groups in total. The highest BCUT2D eigenvalue weighted by molar-refractivity contribution is 5.82. The predicted molar refractivity (Wildman–Crippen MR) is 58.3 cm³/mol. The van der Waals surface area contributed by atoms with Gasteiger partial charge in [0.25, 0.3) is 0 Å². The number of alkyl halides is 3. The van der Waals surface area contributed by atoms with Crippen LogP contribution in [-0.4, -0.2) is 36.6 Å². The van der Waals surface area contributed by atoms with E-state index in [9.17, 15) is 18.0 Å². The van der Waals surface area contributed by atoms with Crippen molar-refractivity contribution in [3.63, 3.8) is 0 Å². The highest BCUT2D eigenvalue weighted by atomic mass is 19.4. The number of nitrogens with zero attached hydrogens (tertiary/aromatic N) is 1. The lowest BCUT2D eigenvalue weighted by atomic mass is 9.87. The number of hydrogen-bond donors (Lipinski definition) is 1. The van der Waals surface area contributed by atoms with E-state index in [2.05, 4.69) is 0 Å². The van der Waals surface area contributed by atoms with Crippen molar-refractivity contribution in [2.24, 2.45) is 11.1 Å². The monoisotopic (exact) mass is 252 g/mol. The van der Waals surface area contributed by atoms with Gasteiger partial charge in [0.15, 0.2) is 0 Å². The summed E-state index contributed by atoms with van der Waals surface area (Å²) in [6.45, 7) is 0.576. The Morgan fingerprint density at radius 1 is 1.35 bits per heavy atom. The first kappa shape index (κ1) is 14.3. The van der Waals surface area contributed by atoms with Crippen LogP contribution in [0.3, 0.4) is 0 Å². The largest absolute Gasteiger partial charge is 0.406 e. The number of halogens is 3. The molecular weight excluding hydrogens is 233 g/mol. The van der Waals surface area contributed by atoms with Gasteiger partial charge in [-0.3, -0.25) is 4.79 Å². The molecule has 0 spiro atoms. The van der Waals surface area contributed by atoms with E-state index in [1.54, 1.807) is 6.92 Å². The van der Waals surface area contributed by atoms with Crippen LogP contribution < -0.4 is 5.73 Å². The van der Waals surface area contributed by atoms with Gasteiger partial charge in [-0.1, -0.05) is 19.8 Å². The Hall–Kier alpha value is -0.780. The molecule has 1 rings (SSSR count). The maximum atomic E-state index is 12.4. The first-order valence-corrected chi connectivity index (χ1v) is 5.85. The highest BCUT2D eigenvalue weighted by Crippen LogP contribution is 2.39. The molecule has 6 heteroatoms. The molecule has 1 saturated carbocycles. The summed E-state index contributed by atoms with van der Waals surface area (Å²) >= 11 is 0. The topological polar surface area (TPSA) is 46.3 Å². The lowest BCUT2D eigenvalue weighted by Crippen LogP contribution is -2.47. The summed E-state index contributed by atoms with van der Waals surface area (Å²) in [5.74, 6) is -0.405. The molecular formula is C11H19F3N2O. The average Bonchev–Trinajstić information content (AvgIpc) is 2.63. The lowest BCUT2D eigenvalue weighted by molar-refractivity contribution is -0.166. The van der Waals surface area contributed by atoms with Crippen LogP contribution in [0.4, 0.5) is 13.2 Å². The van der Waals surface area contributed by atoms with Crippen LogP contribution in [0.25, 0.3) is 0 Å². The van der Waals surface area contributed by atoms with E-state index in [1.165, 1.54) is 0 Å². The number of nitrogens with two attached hydrogens (primary N) is 1. The van der Waals surface area contributed by atoms with Gasteiger partial charge in [0.1, 0.15) is 6.54 Å². The normalized spacial score (nSPS) is 19.4. The molecule has 0 atom stereocenters. The average molecular weight is 252 g/mol. The number of carbonyl (C=O) groups excluding carboxylic acids is 1. The predicted octanol–water partition coefficient (Wildman–Crippen LogP) is 1.92. The second-order valence-corrected chi connectivity index (χ2v) is 4.90. The van der Waals surface area contributed by atoms with Crippen molar-refractivity contribution in [2.45, 2.75) is 38.8 Å². The van der Waals surface area contributed by atoms with Crippen molar-refractivity contribution >= 4 is 5.91 Å². The van der Waals surface area contributed by atoms with Crippen LogP contribution in [0, 0.1) is 5.41 Å². The Bertz CT molecular complexity index is 272. The summed E-state index contributed by atoms with van der Waals surface area (Å²) in [4.78, 5) is 13.0. The zero-order chi connectivity index (χ0) is 13.1. The molecule has 0 heterocycles. The van der Waals surface area contributed by atoms with Crippen LogP contribution in [0.2, 0.25) is 0 Å². The second kappa shape index (κ2) is 5.25. The molecule has 0 unspecified atom stereocenters. The molecule has 0 aromatic carbocycles. The fourth-order valence-electron chi connectivity index (χ4n) is 2.38. The molecule has 1 aliphatic rings. The fraction of sp³-hybridized carbons (Fsp3) is 0.909. The van der Waals surface area contributed by atoms with E-state index < -0.39 is 24.0 Å². The molecule has 1 fully saturated rings. The molecule has 100 valence electrons. The first-order chi connectivity index (χ1) is 7.78. The van der Waals surface area contributed by atoms with Crippen LogP contribution in [0.5, 0.6) is 0 Å². The maximum Gasteiger partial charge on any atom is 0.406 e. The van der Waals surface area contributed by atoms with Gasteiger partial charge in [0.05, 0.1) is 0 Å². The third-order valence-electron chi connectivity index (χ3n) is 3.28. The summed E-state index contributed by atoms with van der Waals surface area (Å²) in [7, 11) is 0. The van der Waals surface area contributed by atoms with E-state index in [0.29, 0.717) is 12.8 Å². The van der Waals surface area contributed by atoms with Gasteiger partial charge in [-0.15, -0.1) is 0 Å². The summed E-state index contributed by atoms with van der Waals surface area (Å²) < 4.78 is 37.1. The van der Waals surface area contributed by atoms with E-state index >= 15 is 0 Å². The molecule has 17 heavy (non-hydrogen) atoms. The van der Waals surface area contributed by atoms with Crippen molar-refractivity contribution in [1.82, 2.24) is 4.90 Å². The molecule has 1 amide bonds. The van der Waals surface area contributed by atoms with Gasteiger partial charge >= 0.3 is 6.18 Å². The first-order valence-electron chi connectivity index (χ1n) is 5.85. The molecule has 3 nitrogen and oxygen atoms in total. The minimum absolute atomic E-state index is 0.0338. The molecule has 0 aromatic heterocycles. The Morgan fingerprint density at radius 2 is 1.88 bits per heavy atom. The Kier molecular flexibility index (Phi) is 4.41. The Labute approximate surface area is 99.1 Å². The fourth-order valence-corrected chi connectivity index (χ4v) is 2.38. The molecule has 0 radical (unpaired) electrons. The molecule has 0 saturated heterocycles. The van der Waals surface area contributed by atoms with Crippen LogP contribution in [0.15, 0.2) is 0 Å². The van der Waals surface area contributed by atoms with Gasteiger partial charge in [-0.05, 0) is 12.8 Å². The van der Waals surface area contributed by atoms with Gasteiger partial charge in [0.2, 0.25) is 5.91 Å². The van der Waals surface area contributed by atoms with E-state index in [-0.39, 0.29) is 13.1 Å². The van der Waals surface area contributed by atoms with Crippen molar-refractivity contribution in [3.05, 3.63) is 0 Å². The number of rotatable bonds is 4. The van der Waals surface area contributed by atoms with E-state index in [1.807, 2.05) is 0 Å². The second-order valence-electron chi connectivity index (χ2n) is 4.90. The summed E-state index contributed by atoms with van der Waals surface area (Å²) in [5, 5.41) is 0. The maximum absolute atomic E-state index is 12.4. The molecule has 0 bridgehead atoms. The van der Waals surface area contributed by atoms with E-state index in [4.69, 9.17) is 5.73 Å². The zero-order valence-corrected chi connectivity index (χ0v) is 10.0. The minimum Gasteiger partial charge on any atom is -0.332 e. The standard InChI is InChI=1S/C11H19F3N2O/c1-10(4-2-3-5-10)9(17)16(7-6-15)8-11(12,13)14/h2-8,15H2,1H3. The van der Waals surface area contributed by atoms with Gasteiger partial charge < -0.3 is 10.6 Å². The van der Waals surface area contributed by atoms with Gasteiger partial charge in [0, 0.05) is 18.5 Å². The highest BCUT2D eigenvalue weighted by Gasteiger charge is 2.42. The third-order valence-corrected chi connectivity index (χ3v) is 3.28. The minimum atomic E-state index is -4.36. The Morgan fingerprint density at radius 3 is 2.29 bits per heavy atom. The van der Waals surface area contributed by atoms with Crippen molar-refractivity contribution in [2.75, 3.05) is 19.6 Å². The smallest absolute Gasteiger partial charge is 0.332 e. The van der Waals surface area contributed by atoms with Crippen LogP contribution in [0.1, 0.15) is 32.6 Å². The third kappa shape index (κ3) is 3.87. The summed E-state index contributed by atoms with van der Waals surface area (Å²) in [6.07, 6.45) is -1.20. The number of carbonyl (C=O) groups is 1. The lowest BCUT2D eigenvalue weighted by Gasteiger charge is -2.32. The van der Waals surface area contributed by atoms with Crippen LogP contribution >= 0.6 is 0 Å².